The minimum Gasteiger partial charge on any atom is -0.480 e. The molecule has 0 aliphatic carbocycles. The van der Waals surface area contributed by atoms with Crippen molar-refractivity contribution in [1.29, 1.82) is 0 Å². The summed E-state index contributed by atoms with van der Waals surface area (Å²) in [5, 5.41) is 6.79. The van der Waals surface area contributed by atoms with Crippen molar-refractivity contribution >= 4 is 21.7 Å². The number of carboxylic acids is 1. The molecule has 0 saturated heterocycles. The fourth-order valence-electron chi connectivity index (χ4n) is 0.947. The van der Waals surface area contributed by atoms with Crippen LogP contribution in [-0.4, -0.2) is 24.7 Å². The minimum absolute atomic E-state index is 0.489. The van der Waals surface area contributed by atoms with Crippen LogP contribution in [0.3, 0.4) is 0 Å². The average Bonchev–Trinajstić information content (AvgIpc) is 2.21. The standard InChI is InChI=1S/C9H9F2NO4S/c1-5(9(13)14)17(15,16)12-8-3-2-6(10)4-7(8)11/h2-5,12H,1H3,(H,13,14). The van der Waals surface area contributed by atoms with Gasteiger partial charge < -0.3 is 5.11 Å². The number of aliphatic carboxylic acids is 1. The summed E-state index contributed by atoms with van der Waals surface area (Å²) in [6, 6.07) is 2.21. The van der Waals surface area contributed by atoms with Crippen molar-refractivity contribution in [2.45, 2.75) is 12.2 Å². The quantitative estimate of drug-likeness (QED) is 0.856. The lowest BCUT2D eigenvalue weighted by atomic mass is 10.3. The Morgan fingerprint density at radius 3 is 2.47 bits per heavy atom. The molecule has 0 aromatic heterocycles. The number of nitrogens with one attached hydrogen (secondary N) is 1. The van der Waals surface area contributed by atoms with Crippen molar-refractivity contribution in [2.24, 2.45) is 0 Å². The van der Waals surface area contributed by atoms with Gasteiger partial charge in [-0.1, -0.05) is 0 Å². The molecule has 0 heterocycles. The van der Waals surface area contributed by atoms with Crippen molar-refractivity contribution in [3.8, 4) is 0 Å². The molecule has 0 spiro atoms. The summed E-state index contributed by atoms with van der Waals surface area (Å²) in [7, 11) is -4.26. The number of anilines is 1. The lowest BCUT2D eigenvalue weighted by Gasteiger charge is -2.11. The summed E-state index contributed by atoms with van der Waals surface area (Å²) in [5.41, 5.74) is -0.500. The Balaban J connectivity index is 3.02. The van der Waals surface area contributed by atoms with Crippen LogP contribution in [0.5, 0.6) is 0 Å². The van der Waals surface area contributed by atoms with Gasteiger partial charge >= 0.3 is 5.97 Å². The van der Waals surface area contributed by atoms with E-state index in [-0.39, 0.29) is 0 Å². The second kappa shape index (κ2) is 4.66. The Hall–Kier alpha value is -1.70. The number of carboxylic acid groups (broad SMARTS) is 1. The number of hydrogen-bond acceptors (Lipinski definition) is 3. The largest absolute Gasteiger partial charge is 0.480 e. The van der Waals surface area contributed by atoms with E-state index in [1.165, 1.54) is 0 Å². The Bertz CT molecular complexity index is 544. The third-order valence-corrected chi connectivity index (χ3v) is 3.63. The van der Waals surface area contributed by atoms with Gasteiger partial charge in [-0.25, -0.2) is 17.2 Å². The highest BCUT2D eigenvalue weighted by atomic mass is 32.2. The average molecular weight is 265 g/mol. The molecule has 0 radical (unpaired) electrons. The van der Waals surface area contributed by atoms with E-state index in [2.05, 4.69) is 0 Å². The van der Waals surface area contributed by atoms with Crippen LogP contribution in [-0.2, 0) is 14.8 Å². The molecule has 0 fully saturated rings. The van der Waals surface area contributed by atoms with Crippen molar-refractivity contribution in [1.82, 2.24) is 0 Å². The van der Waals surface area contributed by atoms with Crippen LogP contribution in [0.1, 0.15) is 6.92 Å². The maximum absolute atomic E-state index is 13.1. The summed E-state index contributed by atoms with van der Waals surface area (Å²) in [5.74, 6) is -3.55. The SMILES string of the molecule is CC(C(=O)O)S(=O)(=O)Nc1ccc(F)cc1F. The van der Waals surface area contributed by atoms with Gasteiger partial charge in [0.2, 0.25) is 10.0 Å². The molecule has 2 N–H and O–H groups in total. The first-order valence-corrected chi connectivity index (χ1v) is 5.98. The van der Waals surface area contributed by atoms with Crippen LogP contribution in [0.25, 0.3) is 0 Å². The fourth-order valence-corrected chi connectivity index (χ4v) is 1.86. The topological polar surface area (TPSA) is 83.5 Å². The van der Waals surface area contributed by atoms with Gasteiger partial charge in [-0.3, -0.25) is 9.52 Å². The smallest absolute Gasteiger partial charge is 0.323 e. The van der Waals surface area contributed by atoms with Crippen molar-refractivity contribution in [2.75, 3.05) is 4.72 Å². The number of halogens is 2. The first-order valence-electron chi connectivity index (χ1n) is 4.43. The van der Waals surface area contributed by atoms with Gasteiger partial charge in [-0.15, -0.1) is 0 Å². The molecule has 94 valence electrons. The third kappa shape index (κ3) is 3.13. The zero-order chi connectivity index (χ0) is 13.2. The number of rotatable bonds is 4. The summed E-state index contributed by atoms with van der Waals surface area (Å²) < 4.78 is 50.3. The van der Waals surface area contributed by atoms with E-state index in [9.17, 15) is 22.0 Å². The zero-order valence-corrected chi connectivity index (χ0v) is 9.46. The Morgan fingerprint density at radius 1 is 1.41 bits per heavy atom. The van der Waals surface area contributed by atoms with Crippen LogP contribution in [0.15, 0.2) is 18.2 Å². The summed E-state index contributed by atoms with van der Waals surface area (Å²) >= 11 is 0. The highest BCUT2D eigenvalue weighted by molar-refractivity contribution is 7.94. The van der Waals surface area contributed by atoms with E-state index < -0.39 is 38.6 Å². The molecular weight excluding hydrogens is 256 g/mol. The Morgan fingerprint density at radius 2 is 2.00 bits per heavy atom. The van der Waals surface area contributed by atoms with Gasteiger partial charge in [0.1, 0.15) is 11.6 Å². The molecule has 1 atom stereocenters. The summed E-state index contributed by atoms with van der Waals surface area (Å²) in [4.78, 5) is 10.5. The van der Waals surface area contributed by atoms with Gasteiger partial charge in [-0.05, 0) is 19.1 Å². The molecule has 1 aromatic rings. The van der Waals surface area contributed by atoms with Gasteiger partial charge in [0.05, 0.1) is 5.69 Å². The van der Waals surface area contributed by atoms with E-state index in [0.29, 0.717) is 6.07 Å². The molecule has 1 unspecified atom stereocenters. The molecular formula is C9H9F2NO4S. The van der Waals surface area contributed by atoms with Crippen LogP contribution in [0.4, 0.5) is 14.5 Å². The second-order valence-corrected chi connectivity index (χ2v) is 5.25. The summed E-state index contributed by atoms with van der Waals surface area (Å²) in [6.07, 6.45) is 0. The maximum atomic E-state index is 13.1. The first-order chi connectivity index (χ1) is 7.74. The molecule has 8 heteroatoms. The van der Waals surface area contributed by atoms with Crippen LogP contribution in [0.2, 0.25) is 0 Å². The van der Waals surface area contributed by atoms with E-state index in [1.54, 1.807) is 4.72 Å². The van der Waals surface area contributed by atoms with E-state index in [1.807, 2.05) is 0 Å². The molecule has 1 aromatic carbocycles. The van der Waals surface area contributed by atoms with Gasteiger partial charge in [0, 0.05) is 6.07 Å². The summed E-state index contributed by atoms with van der Waals surface area (Å²) in [6.45, 7) is 0.937. The normalized spacial score (nSPS) is 13.1. The highest BCUT2D eigenvalue weighted by Crippen LogP contribution is 2.17. The first kappa shape index (κ1) is 13.4. The molecule has 0 amide bonds. The molecule has 0 aliphatic heterocycles. The monoisotopic (exact) mass is 265 g/mol. The predicted molar refractivity (Wildman–Crippen MR) is 56.0 cm³/mol. The Kier molecular flexibility index (Phi) is 3.66. The fraction of sp³-hybridized carbons (Fsp3) is 0.222. The van der Waals surface area contributed by atoms with Gasteiger partial charge in [-0.2, -0.15) is 0 Å². The van der Waals surface area contributed by atoms with Crippen LogP contribution < -0.4 is 4.72 Å². The predicted octanol–water partition coefficient (Wildman–Crippen LogP) is 1.18. The molecule has 0 saturated carbocycles. The van der Waals surface area contributed by atoms with Crippen molar-refractivity contribution in [3.05, 3.63) is 29.8 Å². The lowest BCUT2D eigenvalue weighted by Crippen LogP contribution is -2.32. The maximum Gasteiger partial charge on any atom is 0.323 e. The van der Waals surface area contributed by atoms with Crippen LogP contribution >= 0.6 is 0 Å². The Labute approximate surface area is 96.1 Å². The van der Waals surface area contributed by atoms with Gasteiger partial charge in [0.25, 0.3) is 0 Å². The third-order valence-electron chi connectivity index (χ3n) is 2.00. The number of sulfonamides is 1. The van der Waals surface area contributed by atoms with E-state index in [4.69, 9.17) is 5.11 Å². The lowest BCUT2D eigenvalue weighted by molar-refractivity contribution is -0.136. The van der Waals surface area contributed by atoms with Crippen molar-refractivity contribution < 1.29 is 27.1 Å². The van der Waals surface area contributed by atoms with Gasteiger partial charge in [0.15, 0.2) is 5.25 Å². The van der Waals surface area contributed by atoms with Crippen molar-refractivity contribution in [3.63, 3.8) is 0 Å². The number of carbonyl (C=O) groups is 1. The van der Waals surface area contributed by atoms with E-state index >= 15 is 0 Å². The number of hydrogen-bond donors (Lipinski definition) is 2. The molecule has 0 aliphatic rings. The molecule has 5 nitrogen and oxygen atoms in total. The molecule has 1 rings (SSSR count). The molecule has 0 bridgehead atoms. The molecule has 17 heavy (non-hydrogen) atoms. The minimum atomic E-state index is -4.26. The highest BCUT2D eigenvalue weighted by Gasteiger charge is 2.28. The number of benzene rings is 1. The van der Waals surface area contributed by atoms with E-state index in [0.717, 1.165) is 19.1 Å². The zero-order valence-electron chi connectivity index (χ0n) is 8.65. The van der Waals surface area contributed by atoms with Crippen LogP contribution in [0, 0.1) is 11.6 Å². The second-order valence-electron chi connectivity index (χ2n) is 3.25.